The van der Waals surface area contributed by atoms with Crippen LogP contribution in [0.3, 0.4) is 0 Å². The number of nitrogens with one attached hydrogen (secondary N) is 1. The van der Waals surface area contributed by atoms with E-state index in [1.54, 1.807) is 6.26 Å². The molecule has 1 aromatic heterocycles. The van der Waals surface area contributed by atoms with E-state index in [-0.39, 0.29) is 6.04 Å². The molecule has 0 bridgehead atoms. The summed E-state index contributed by atoms with van der Waals surface area (Å²) < 4.78 is 16.6. The Morgan fingerprint density at radius 2 is 2.00 bits per heavy atom. The van der Waals surface area contributed by atoms with Gasteiger partial charge in [-0.2, -0.15) is 0 Å². The zero-order valence-electron chi connectivity index (χ0n) is 10.9. The molecule has 19 heavy (non-hydrogen) atoms. The summed E-state index contributed by atoms with van der Waals surface area (Å²) in [6.07, 6.45) is 2.51. The smallest absolute Gasteiger partial charge is 0.161 e. The quantitative estimate of drug-likeness (QED) is 0.916. The minimum absolute atomic E-state index is 0.196. The lowest BCUT2D eigenvalue weighted by Crippen LogP contribution is -2.20. The molecule has 4 nitrogen and oxygen atoms in total. The van der Waals surface area contributed by atoms with Gasteiger partial charge in [-0.3, -0.25) is 0 Å². The summed E-state index contributed by atoms with van der Waals surface area (Å²) in [6, 6.07) is 10.2. The molecule has 0 spiro atoms. The van der Waals surface area contributed by atoms with Crippen molar-refractivity contribution >= 4 is 0 Å². The predicted molar refractivity (Wildman–Crippen MR) is 71.6 cm³/mol. The van der Waals surface area contributed by atoms with Crippen molar-refractivity contribution in [3.05, 3.63) is 47.9 Å². The second-order valence-corrected chi connectivity index (χ2v) is 4.53. The molecule has 100 valence electrons. The summed E-state index contributed by atoms with van der Waals surface area (Å²) in [5.74, 6) is 2.61. The molecule has 0 fully saturated rings. The largest absolute Gasteiger partial charge is 0.486 e. The van der Waals surface area contributed by atoms with Gasteiger partial charge in [-0.15, -0.1) is 0 Å². The van der Waals surface area contributed by atoms with Gasteiger partial charge in [0, 0.05) is 12.5 Å². The van der Waals surface area contributed by atoms with Gasteiger partial charge in [0.15, 0.2) is 11.5 Å². The van der Waals surface area contributed by atoms with Gasteiger partial charge in [-0.25, -0.2) is 0 Å². The molecule has 1 aliphatic heterocycles. The first-order valence-electron chi connectivity index (χ1n) is 6.46. The maximum absolute atomic E-state index is 5.62. The third kappa shape index (κ3) is 2.58. The van der Waals surface area contributed by atoms with E-state index in [1.807, 2.05) is 31.3 Å². The number of ether oxygens (including phenoxy) is 2. The molecule has 1 N–H and O–H groups in total. The highest BCUT2D eigenvalue weighted by Gasteiger charge is 2.17. The van der Waals surface area contributed by atoms with Crippen molar-refractivity contribution in [1.82, 2.24) is 5.32 Å². The molecule has 3 rings (SSSR count). The van der Waals surface area contributed by atoms with Gasteiger partial charge in [-0.1, -0.05) is 6.07 Å². The van der Waals surface area contributed by atoms with Crippen LogP contribution in [-0.2, 0) is 6.42 Å². The normalized spacial score (nSPS) is 15.2. The highest BCUT2D eigenvalue weighted by molar-refractivity contribution is 5.44. The first-order chi connectivity index (χ1) is 9.36. The van der Waals surface area contributed by atoms with Crippen molar-refractivity contribution in [2.45, 2.75) is 12.5 Å². The molecular formula is C15H17NO3. The molecule has 0 aliphatic carbocycles. The standard InChI is InChI=1S/C15H17NO3/c1-16-13(10-12-3-2-6-17-12)11-4-5-14-15(9-11)19-8-7-18-14/h2-6,9,13,16H,7-8,10H2,1H3. The van der Waals surface area contributed by atoms with E-state index in [2.05, 4.69) is 11.4 Å². The summed E-state index contributed by atoms with van der Waals surface area (Å²) in [5, 5.41) is 3.31. The Morgan fingerprint density at radius 1 is 1.16 bits per heavy atom. The third-order valence-corrected chi connectivity index (χ3v) is 3.30. The Bertz CT molecular complexity index is 536. The van der Waals surface area contributed by atoms with Gasteiger partial charge in [0.1, 0.15) is 19.0 Å². The third-order valence-electron chi connectivity index (χ3n) is 3.30. The highest BCUT2D eigenvalue weighted by atomic mass is 16.6. The maximum atomic E-state index is 5.62. The lowest BCUT2D eigenvalue weighted by atomic mass is 10.0. The van der Waals surface area contributed by atoms with E-state index in [9.17, 15) is 0 Å². The molecule has 1 aliphatic rings. The number of rotatable bonds is 4. The van der Waals surface area contributed by atoms with E-state index >= 15 is 0 Å². The number of furan rings is 1. The number of likely N-dealkylation sites (N-methyl/N-ethyl adjacent to an activating group) is 1. The SMILES string of the molecule is CNC(Cc1ccco1)c1ccc2c(c1)OCCO2. The summed E-state index contributed by atoms with van der Waals surface area (Å²) in [4.78, 5) is 0. The van der Waals surface area contributed by atoms with Crippen LogP contribution in [-0.4, -0.2) is 20.3 Å². The van der Waals surface area contributed by atoms with E-state index in [0.29, 0.717) is 13.2 Å². The van der Waals surface area contributed by atoms with Crippen LogP contribution >= 0.6 is 0 Å². The first-order valence-corrected chi connectivity index (χ1v) is 6.46. The fraction of sp³-hybridized carbons (Fsp3) is 0.333. The summed E-state index contributed by atoms with van der Waals surface area (Å²) in [6.45, 7) is 1.23. The second kappa shape index (κ2) is 5.36. The molecule has 0 saturated heterocycles. The fourth-order valence-corrected chi connectivity index (χ4v) is 2.29. The molecule has 4 heteroatoms. The molecule has 1 atom stereocenters. The van der Waals surface area contributed by atoms with Gasteiger partial charge in [0.05, 0.1) is 6.26 Å². The average molecular weight is 259 g/mol. The minimum atomic E-state index is 0.196. The van der Waals surface area contributed by atoms with Crippen molar-refractivity contribution < 1.29 is 13.9 Å². The van der Waals surface area contributed by atoms with Gasteiger partial charge < -0.3 is 19.2 Å². The van der Waals surface area contributed by atoms with Crippen LogP contribution in [0.15, 0.2) is 41.0 Å². The molecule has 0 amide bonds. The van der Waals surface area contributed by atoms with Gasteiger partial charge in [-0.05, 0) is 36.9 Å². The van der Waals surface area contributed by atoms with E-state index in [1.165, 1.54) is 5.56 Å². The minimum Gasteiger partial charge on any atom is -0.486 e. The Hall–Kier alpha value is -1.94. The predicted octanol–water partition coefficient (Wildman–Crippen LogP) is 2.55. The van der Waals surface area contributed by atoms with Crippen LogP contribution < -0.4 is 14.8 Å². The molecular weight excluding hydrogens is 242 g/mol. The lowest BCUT2D eigenvalue weighted by molar-refractivity contribution is 0.171. The van der Waals surface area contributed by atoms with Crippen molar-refractivity contribution in [1.29, 1.82) is 0 Å². The van der Waals surface area contributed by atoms with E-state index in [4.69, 9.17) is 13.9 Å². The maximum Gasteiger partial charge on any atom is 0.161 e. The van der Waals surface area contributed by atoms with Crippen molar-refractivity contribution in [2.75, 3.05) is 20.3 Å². The molecule has 0 saturated carbocycles. The molecule has 0 radical (unpaired) electrons. The first kappa shape index (κ1) is 12.1. The Labute approximate surface area is 112 Å². The van der Waals surface area contributed by atoms with Crippen molar-refractivity contribution in [2.24, 2.45) is 0 Å². The number of benzene rings is 1. The topological polar surface area (TPSA) is 43.6 Å². The van der Waals surface area contributed by atoms with Crippen LogP contribution in [0.5, 0.6) is 11.5 Å². The summed E-state index contributed by atoms with van der Waals surface area (Å²) in [7, 11) is 1.95. The van der Waals surface area contributed by atoms with E-state index in [0.717, 1.165) is 23.7 Å². The average Bonchev–Trinajstić information content (AvgIpc) is 2.97. The fourth-order valence-electron chi connectivity index (χ4n) is 2.29. The highest BCUT2D eigenvalue weighted by Crippen LogP contribution is 2.33. The van der Waals surface area contributed by atoms with Crippen LogP contribution in [0.25, 0.3) is 0 Å². The molecule has 2 heterocycles. The van der Waals surface area contributed by atoms with Crippen LogP contribution in [0.2, 0.25) is 0 Å². The van der Waals surface area contributed by atoms with Crippen molar-refractivity contribution in [3.63, 3.8) is 0 Å². The lowest BCUT2D eigenvalue weighted by Gasteiger charge is -2.21. The molecule has 2 aromatic rings. The number of hydrogen-bond acceptors (Lipinski definition) is 4. The summed E-state index contributed by atoms with van der Waals surface area (Å²) in [5.41, 5.74) is 1.17. The van der Waals surface area contributed by atoms with Crippen LogP contribution in [0, 0.1) is 0 Å². The number of fused-ring (bicyclic) bond motifs is 1. The second-order valence-electron chi connectivity index (χ2n) is 4.53. The zero-order chi connectivity index (χ0) is 13.1. The summed E-state index contributed by atoms with van der Waals surface area (Å²) >= 11 is 0. The monoisotopic (exact) mass is 259 g/mol. The van der Waals surface area contributed by atoms with Gasteiger partial charge in [0.25, 0.3) is 0 Å². The van der Waals surface area contributed by atoms with Gasteiger partial charge in [0.2, 0.25) is 0 Å². The Balaban J connectivity index is 1.82. The van der Waals surface area contributed by atoms with Gasteiger partial charge >= 0.3 is 0 Å². The van der Waals surface area contributed by atoms with Crippen molar-refractivity contribution in [3.8, 4) is 11.5 Å². The molecule has 1 aromatic carbocycles. The Morgan fingerprint density at radius 3 is 2.74 bits per heavy atom. The zero-order valence-corrected chi connectivity index (χ0v) is 10.9. The van der Waals surface area contributed by atoms with Crippen LogP contribution in [0.1, 0.15) is 17.4 Å². The molecule has 1 unspecified atom stereocenters. The Kier molecular flexibility index (Phi) is 3.42. The number of hydrogen-bond donors (Lipinski definition) is 1. The van der Waals surface area contributed by atoms with E-state index < -0.39 is 0 Å². The van der Waals surface area contributed by atoms with Crippen LogP contribution in [0.4, 0.5) is 0 Å².